The molecule has 7 heteroatoms. The van der Waals surface area contributed by atoms with E-state index in [4.69, 9.17) is 9.84 Å². The van der Waals surface area contributed by atoms with E-state index in [1.165, 1.54) is 44.9 Å². The van der Waals surface area contributed by atoms with Gasteiger partial charge >= 0.3 is 5.97 Å². The molecule has 0 aromatic heterocycles. The molecule has 0 saturated heterocycles. The summed E-state index contributed by atoms with van der Waals surface area (Å²) in [7, 11) is 0. The molecule has 0 aromatic carbocycles. The summed E-state index contributed by atoms with van der Waals surface area (Å²) in [6.07, 6.45) is 13.0. The molecule has 0 spiro atoms. The molecule has 0 radical (unpaired) electrons. The van der Waals surface area contributed by atoms with Gasteiger partial charge in [-0.2, -0.15) is 0 Å². The van der Waals surface area contributed by atoms with Crippen LogP contribution in [0.5, 0.6) is 0 Å². The van der Waals surface area contributed by atoms with Crippen LogP contribution < -0.4 is 0 Å². The van der Waals surface area contributed by atoms with Crippen molar-refractivity contribution in [2.24, 2.45) is 0 Å². The van der Waals surface area contributed by atoms with Crippen molar-refractivity contribution < 1.29 is 34.8 Å². The monoisotopic (exact) mass is 444 g/mol. The lowest BCUT2D eigenvalue weighted by Crippen LogP contribution is -2.46. The van der Waals surface area contributed by atoms with Crippen LogP contribution in [0.3, 0.4) is 0 Å². The smallest absolute Gasteiger partial charge is 0.305 e. The third-order valence-electron chi connectivity index (χ3n) is 5.29. The van der Waals surface area contributed by atoms with Crippen LogP contribution in [0.2, 0.25) is 0 Å². The van der Waals surface area contributed by atoms with Gasteiger partial charge in [0.2, 0.25) is 0 Å². The number of aliphatic hydroxyl groups excluding tert-OH is 4. The topological polar surface area (TPSA) is 124 Å². The second kappa shape index (κ2) is 20.6. The predicted molar refractivity (Wildman–Crippen MR) is 121 cm³/mol. The lowest BCUT2D eigenvalue weighted by molar-refractivity contribution is -0.156. The number of allylic oxidation sites excluding steroid dienone is 2. The van der Waals surface area contributed by atoms with Gasteiger partial charge in [-0.05, 0) is 32.1 Å². The van der Waals surface area contributed by atoms with Crippen molar-refractivity contribution in [3.05, 3.63) is 12.2 Å². The Morgan fingerprint density at radius 2 is 1.29 bits per heavy atom. The van der Waals surface area contributed by atoms with Crippen LogP contribution in [0.1, 0.15) is 96.8 Å². The van der Waals surface area contributed by atoms with E-state index in [-0.39, 0.29) is 12.7 Å². The second-order valence-electron chi connectivity index (χ2n) is 8.19. The van der Waals surface area contributed by atoms with Crippen molar-refractivity contribution in [2.75, 3.05) is 6.61 Å². The quantitative estimate of drug-likeness (QED) is 0.0927. The number of rotatable bonds is 21. The molecule has 0 bridgehead atoms. The summed E-state index contributed by atoms with van der Waals surface area (Å²) >= 11 is 0. The maximum absolute atomic E-state index is 11.7. The minimum absolute atomic E-state index is 0.0549. The van der Waals surface area contributed by atoms with E-state index in [1.54, 1.807) is 0 Å². The van der Waals surface area contributed by atoms with Crippen LogP contribution in [-0.4, -0.2) is 63.7 Å². The van der Waals surface area contributed by atoms with Crippen molar-refractivity contribution in [1.82, 2.24) is 0 Å². The van der Waals surface area contributed by atoms with Gasteiger partial charge in [-0.1, -0.05) is 70.4 Å². The summed E-state index contributed by atoms with van der Waals surface area (Å²) in [5.74, 6) is -0.491. The van der Waals surface area contributed by atoms with Gasteiger partial charge in [0.1, 0.15) is 31.0 Å². The van der Waals surface area contributed by atoms with Gasteiger partial charge in [-0.15, -0.1) is 0 Å². The summed E-state index contributed by atoms with van der Waals surface area (Å²) in [4.78, 5) is 22.0. The van der Waals surface area contributed by atoms with Gasteiger partial charge in [0.05, 0.1) is 0 Å². The number of ether oxygens (including phenoxy) is 1. The van der Waals surface area contributed by atoms with Gasteiger partial charge in [-0.3, -0.25) is 4.79 Å². The summed E-state index contributed by atoms with van der Waals surface area (Å²) in [5, 5.41) is 37.8. The van der Waals surface area contributed by atoms with Crippen LogP contribution in [0.25, 0.3) is 0 Å². The molecule has 0 amide bonds. The van der Waals surface area contributed by atoms with Crippen LogP contribution >= 0.6 is 0 Å². The highest BCUT2D eigenvalue weighted by molar-refractivity contribution is 5.69. The molecule has 0 heterocycles. The predicted octanol–water partition coefficient (Wildman–Crippen LogP) is 3.21. The summed E-state index contributed by atoms with van der Waals surface area (Å²) in [6, 6.07) is 0. The molecule has 0 fully saturated rings. The zero-order valence-electron chi connectivity index (χ0n) is 19.2. The Morgan fingerprint density at radius 1 is 0.774 bits per heavy atom. The maximum Gasteiger partial charge on any atom is 0.305 e. The number of hydrogen-bond donors (Lipinski definition) is 4. The third kappa shape index (κ3) is 17.0. The highest BCUT2D eigenvalue weighted by atomic mass is 16.5. The second-order valence-corrected chi connectivity index (χ2v) is 8.19. The normalized spacial score (nSPS) is 15.5. The number of aldehydes is 1. The average molecular weight is 445 g/mol. The summed E-state index contributed by atoms with van der Waals surface area (Å²) < 4.78 is 4.87. The molecule has 0 aliphatic carbocycles. The Bertz CT molecular complexity index is 467. The Kier molecular flexibility index (Phi) is 19.8. The molecule has 4 N–H and O–H groups in total. The number of unbranched alkanes of at least 4 members (excludes halogenated alkanes) is 11. The molecule has 0 unspecified atom stereocenters. The average Bonchev–Trinajstić information content (AvgIpc) is 2.78. The van der Waals surface area contributed by atoms with Crippen LogP contribution in [0.15, 0.2) is 12.2 Å². The third-order valence-corrected chi connectivity index (χ3v) is 5.29. The van der Waals surface area contributed by atoms with E-state index in [0.717, 1.165) is 32.1 Å². The Morgan fingerprint density at radius 3 is 1.84 bits per heavy atom. The lowest BCUT2D eigenvalue weighted by atomic mass is 10.0. The Labute approximate surface area is 187 Å². The SMILES string of the molecule is CCCCCCCCC=CCCCCCCCC(=O)OC[C@@H](O)[C@@H](O)[C@H](O)[C@@H](O)C=O. The molecule has 0 aliphatic heterocycles. The fraction of sp³-hybridized carbons (Fsp3) is 0.833. The molecule has 182 valence electrons. The largest absolute Gasteiger partial charge is 0.463 e. The number of hydrogen-bond acceptors (Lipinski definition) is 7. The molecular weight excluding hydrogens is 400 g/mol. The van der Waals surface area contributed by atoms with Crippen LogP contribution in [-0.2, 0) is 14.3 Å². The van der Waals surface area contributed by atoms with E-state index in [2.05, 4.69) is 19.1 Å². The number of esters is 1. The molecular formula is C24H44O7. The number of aliphatic hydroxyl groups is 4. The van der Waals surface area contributed by atoms with Gasteiger partial charge in [0, 0.05) is 6.42 Å². The van der Waals surface area contributed by atoms with E-state index >= 15 is 0 Å². The first-order chi connectivity index (χ1) is 14.9. The van der Waals surface area contributed by atoms with Crippen molar-refractivity contribution >= 4 is 12.3 Å². The standard InChI is InChI=1S/C24H44O7/c1-2-3-4-5-6-7-8-9-10-11-12-13-14-15-16-17-22(28)31-19-21(27)24(30)23(29)20(26)18-25/h9-10,18,20-21,23-24,26-27,29-30H,2-8,11-17,19H2,1H3/t20-,21+,23+,24+/m0/s1. The highest BCUT2D eigenvalue weighted by Crippen LogP contribution is 2.11. The fourth-order valence-corrected chi connectivity index (χ4v) is 3.20. The van der Waals surface area contributed by atoms with Crippen molar-refractivity contribution in [3.63, 3.8) is 0 Å². The minimum atomic E-state index is -1.84. The van der Waals surface area contributed by atoms with Gasteiger partial charge in [0.15, 0.2) is 6.29 Å². The molecule has 7 nitrogen and oxygen atoms in total. The van der Waals surface area contributed by atoms with Crippen LogP contribution in [0, 0.1) is 0 Å². The van der Waals surface area contributed by atoms with Crippen molar-refractivity contribution in [2.45, 2.75) is 121 Å². The van der Waals surface area contributed by atoms with E-state index in [0.29, 0.717) is 6.42 Å². The first kappa shape index (κ1) is 29.7. The fourth-order valence-electron chi connectivity index (χ4n) is 3.20. The van der Waals surface area contributed by atoms with E-state index in [1.807, 2.05) is 0 Å². The first-order valence-corrected chi connectivity index (χ1v) is 11.9. The van der Waals surface area contributed by atoms with Crippen LogP contribution in [0.4, 0.5) is 0 Å². The number of carbonyl (C=O) groups is 2. The molecule has 0 saturated carbocycles. The summed E-state index contributed by atoms with van der Waals surface area (Å²) in [6.45, 7) is 1.73. The highest BCUT2D eigenvalue weighted by Gasteiger charge is 2.30. The number of carbonyl (C=O) groups excluding carboxylic acids is 2. The van der Waals surface area contributed by atoms with E-state index < -0.39 is 37.0 Å². The molecule has 0 rings (SSSR count). The lowest BCUT2D eigenvalue weighted by Gasteiger charge is -2.23. The molecule has 31 heavy (non-hydrogen) atoms. The zero-order chi connectivity index (χ0) is 23.3. The molecule has 4 atom stereocenters. The van der Waals surface area contributed by atoms with Gasteiger partial charge in [-0.25, -0.2) is 0 Å². The van der Waals surface area contributed by atoms with Crippen molar-refractivity contribution in [3.8, 4) is 0 Å². The minimum Gasteiger partial charge on any atom is -0.463 e. The molecule has 0 aliphatic rings. The van der Waals surface area contributed by atoms with E-state index in [9.17, 15) is 24.9 Å². The first-order valence-electron chi connectivity index (χ1n) is 11.9. The molecule has 0 aromatic rings. The Hall–Kier alpha value is -1.28. The van der Waals surface area contributed by atoms with Gasteiger partial charge < -0.3 is 30.0 Å². The maximum atomic E-state index is 11.7. The Balaban J connectivity index is 3.55. The summed E-state index contributed by atoms with van der Waals surface area (Å²) in [5.41, 5.74) is 0. The zero-order valence-corrected chi connectivity index (χ0v) is 19.2. The van der Waals surface area contributed by atoms with Crippen molar-refractivity contribution in [1.29, 1.82) is 0 Å². The van der Waals surface area contributed by atoms with Gasteiger partial charge in [0.25, 0.3) is 0 Å².